The number of aromatic nitrogens is 4. The molecule has 1 amide bonds. The third kappa shape index (κ3) is 3.02. The van der Waals surface area contributed by atoms with Gasteiger partial charge in [-0.2, -0.15) is 5.10 Å². The summed E-state index contributed by atoms with van der Waals surface area (Å²) in [6.07, 6.45) is 3.24. The zero-order valence-electron chi connectivity index (χ0n) is 13.1. The van der Waals surface area contributed by atoms with Gasteiger partial charge in [-0.1, -0.05) is 12.1 Å². The standard InChI is InChI=1S/C18H14N6O/c19-18(25)12-3-1-2-11(6-12)16-8-17(21-10-20-16)23-14-4-5-15-13(7-14)9-22-24-15/h1-10H,(H2,19,25)(H,22,24)(H,20,21,23). The Morgan fingerprint density at radius 1 is 1.08 bits per heavy atom. The molecular weight excluding hydrogens is 316 g/mol. The SMILES string of the molecule is NC(=O)c1cccc(-c2cc(Nc3ccc4[nH]ncc4c3)ncn2)c1. The maximum absolute atomic E-state index is 11.3. The first-order chi connectivity index (χ1) is 12.2. The second kappa shape index (κ2) is 6.04. The zero-order chi connectivity index (χ0) is 17.2. The van der Waals surface area contributed by atoms with E-state index in [4.69, 9.17) is 5.73 Å². The van der Waals surface area contributed by atoms with Crippen LogP contribution in [0.1, 0.15) is 10.4 Å². The summed E-state index contributed by atoms with van der Waals surface area (Å²) in [4.78, 5) is 19.9. The molecule has 7 nitrogen and oxygen atoms in total. The van der Waals surface area contributed by atoms with E-state index < -0.39 is 5.91 Å². The lowest BCUT2D eigenvalue weighted by molar-refractivity contribution is 0.100. The van der Waals surface area contributed by atoms with Crippen LogP contribution in [0.4, 0.5) is 11.5 Å². The predicted molar refractivity (Wildman–Crippen MR) is 95.4 cm³/mol. The summed E-state index contributed by atoms with van der Waals surface area (Å²) in [5.74, 6) is 0.181. The maximum Gasteiger partial charge on any atom is 0.248 e. The molecule has 0 aliphatic rings. The molecular formula is C18H14N6O. The summed E-state index contributed by atoms with van der Waals surface area (Å²) in [5, 5.41) is 11.2. The third-order valence-corrected chi connectivity index (χ3v) is 3.82. The van der Waals surface area contributed by atoms with E-state index in [0.717, 1.165) is 22.2 Å². The minimum absolute atomic E-state index is 0.441. The molecule has 0 saturated carbocycles. The number of fused-ring (bicyclic) bond motifs is 1. The molecule has 0 radical (unpaired) electrons. The van der Waals surface area contributed by atoms with Crippen molar-refractivity contribution in [3.8, 4) is 11.3 Å². The number of hydrogen-bond acceptors (Lipinski definition) is 5. The Morgan fingerprint density at radius 3 is 2.88 bits per heavy atom. The van der Waals surface area contributed by atoms with Gasteiger partial charge in [-0.3, -0.25) is 9.89 Å². The first-order valence-corrected chi connectivity index (χ1v) is 7.61. The van der Waals surface area contributed by atoms with Crippen LogP contribution in [0.15, 0.2) is 61.1 Å². The van der Waals surface area contributed by atoms with E-state index in [1.807, 2.05) is 30.3 Å². The minimum Gasteiger partial charge on any atom is -0.366 e. The fraction of sp³-hybridized carbons (Fsp3) is 0. The molecule has 4 N–H and O–H groups in total. The van der Waals surface area contributed by atoms with Crippen molar-refractivity contribution in [2.45, 2.75) is 0 Å². The highest BCUT2D eigenvalue weighted by molar-refractivity contribution is 5.94. The van der Waals surface area contributed by atoms with Gasteiger partial charge in [0.05, 0.1) is 17.4 Å². The molecule has 7 heteroatoms. The monoisotopic (exact) mass is 330 g/mol. The van der Waals surface area contributed by atoms with Gasteiger partial charge in [0.2, 0.25) is 5.91 Å². The summed E-state index contributed by atoms with van der Waals surface area (Å²) in [7, 11) is 0. The molecule has 0 atom stereocenters. The Morgan fingerprint density at radius 2 is 2.00 bits per heavy atom. The number of H-pyrrole nitrogens is 1. The van der Waals surface area contributed by atoms with Crippen molar-refractivity contribution >= 4 is 28.3 Å². The molecule has 0 spiro atoms. The molecule has 2 aromatic carbocycles. The molecule has 0 aliphatic carbocycles. The van der Waals surface area contributed by atoms with Crippen LogP contribution in [0.2, 0.25) is 0 Å². The third-order valence-electron chi connectivity index (χ3n) is 3.82. The second-order valence-corrected chi connectivity index (χ2v) is 5.53. The van der Waals surface area contributed by atoms with E-state index in [1.165, 1.54) is 6.33 Å². The number of carbonyl (C=O) groups excluding carboxylic acids is 1. The molecule has 0 aliphatic heterocycles. The molecule has 0 bridgehead atoms. The number of rotatable bonds is 4. The number of nitrogens with zero attached hydrogens (tertiary/aromatic N) is 3. The van der Waals surface area contributed by atoms with Crippen molar-refractivity contribution in [1.82, 2.24) is 20.2 Å². The van der Waals surface area contributed by atoms with Gasteiger partial charge >= 0.3 is 0 Å². The fourth-order valence-corrected chi connectivity index (χ4v) is 2.58. The first kappa shape index (κ1) is 14.8. The van der Waals surface area contributed by atoms with E-state index in [9.17, 15) is 4.79 Å². The lowest BCUT2D eigenvalue weighted by Crippen LogP contribution is -2.10. The van der Waals surface area contributed by atoms with E-state index in [0.29, 0.717) is 17.1 Å². The molecule has 4 aromatic rings. The molecule has 25 heavy (non-hydrogen) atoms. The first-order valence-electron chi connectivity index (χ1n) is 7.61. The van der Waals surface area contributed by atoms with Crippen LogP contribution in [0.3, 0.4) is 0 Å². The van der Waals surface area contributed by atoms with Crippen molar-refractivity contribution in [2.24, 2.45) is 5.73 Å². The van der Waals surface area contributed by atoms with Crippen LogP contribution >= 0.6 is 0 Å². The highest BCUT2D eigenvalue weighted by Gasteiger charge is 2.06. The Hall–Kier alpha value is -3.74. The van der Waals surface area contributed by atoms with E-state index in [-0.39, 0.29) is 0 Å². The van der Waals surface area contributed by atoms with Gasteiger partial charge < -0.3 is 11.1 Å². The lowest BCUT2D eigenvalue weighted by Gasteiger charge is -2.08. The molecule has 0 saturated heterocycles. The molecule has 122 valence electrons. The van der Waals surface area contributed by atoms with Gasteiger partial charge in [0.1, 0.15) is 12.1 Å². The number of primary amides is 1. The Balaban J connectivity index is 1.65. The zero-order valence-corrected chi connectivity index (χ0v) is 13.1. The van der Waals surface area contributed by atoms with Crippen molar-refractivity contribution in [3.63, 3.8) is 0 Å². The van der Waals surface area contributed by atoms with Crippen molar-refractivity contribution in [1.29, 1.82) is 0 Å². The molecule has 0 unspecified atom stereocenters. The number of hydrogen-bond donors (Lipinski definition) is 3. The summed E-state index contributed by atoms with van der Waals surface area (Å²) < 4.78 is 0. The maximum atomic E-state index is 11.3. The number of aromatic amines is 1. The highest BCUT2D eigenvalue weighted by atomic mass is 16.1. The van der Waals surface area contributed by atoms with Crippen molar-refractivity contribution in [3.05, 3.63) is 66.6 Å². The lowest BCUT2D eigenvalue weighted by atomic mass is 10.1. The van der Waals surface area contributed by atoms with E-state index >= 15 is 0 Å². The molecule has 2 aromatic heterocycles. The van der Waals surface area contributed by atoms with Gasteiger partial charge in [-0.05, 0) is 30.3 Å². The van der Waals surface area contributed by atoms with Gasteiger partial charge in [0.15, 0.2) is 0 Å². The largest absolute Gasteiger partial charge is 0.366 e. The van der Waals surface area contributed by atoms with Crippen LogP contribution < -0.4 is 11.1 Å². The number of carbonyl (C=O) groups is 1. The summed E-state index contributed by atoms with van der Waals surface area (Å²) in [6, 6.07) is 14.7. The van der Waals surface area contributed by atoms with Crippen LogP contribution in [-0.2, 0) is 0 Å². The topological polar surface area (TPSA) is 110 Å². The van der Waals surface area contributed by atoms with Crippen molar-refractivity contribution in [2.75, 3.05) is 5.32 Å². The van der Waals surface area contributed by atoms with E-state index in [1.54, 1.807) is 24.4 Å². The number of amides is 1. The number of nitrogens with two attached hydrogens (primary N) is 1. The van der Waals surface area contributed by atoms with Crippen LogP contribution in [0.25, 0.3) is 22.2 Å². The summed E-state index contributed by atoms with van der Waals surface area (Å²) in [5.41, 5.74) is 9.14. The highest BCUT2D eigenvalue weighted by Crippen LogP contribution is 2.23. The normalized spacial score (nSPS) is 10.7. The van der Waals surface area contributed by atoms with Crippen molar-refractivity contribution < 1.29 is 4.79 Å². The van der Waals surface area contributed by atoms with Crippen LogP contribution in [-0.4, -0.2) is 26.1 Å². The minimum atomic E-state index is -0.470. The molecule has 4 rings (SSSR count). The molecule has 0 fully saturated rings. The quantitative estimate of drug-likeness (QED) is 0.533. The van der Waals surface area contributed by atoms with Gasteiger partial charge in [0.25, 0.3) is 0 Å². The molecule has 2 heterocycles. The average molecular weight is 330 g/mol. The van der Waals surface area contributed by atoms with Gasteiger partial charge in [0, 0.05) is 28.3 Å². The smallest absolute Gasteiger partial charge is 0.248 e. The van der Waals surface area contributed by atoms with Crippen LogP contribution in [0, 0.1) is 0 Å². The summed E-state index contributed by atoms with van der Waals surface area (Å²) in [6.45, 7) is 0. The number of benzene rings is 2. The van der Waals surface area contributed by atoms with Gasteiger partial charge in [-0.25, -0.2) is 9.97 Å². The number of anilines is 2. The Kier molecular flexibility index (Phi) is 3.59. The second-order valence-electron chi connectivity index (χ2n) is 5.53. The average Bonchev–Trinajstić information content (AvgIpc) is 3.10. The number of nitrogens with one attached hydrogen (secondary N) is 2. The Bertz CT molecular complexity index is 1070. The van der Waals surface area contributed by atoms with Crippen LogP contribution in [0.5, 0.6) is 0 Å². The van der Waals surface area contributed by atoms with E-state index in [2.05, 4.69) is 25.5 Å². The fourth-order valence-electron chi connectivity index (χ4n) is 2.58. The van der Waals surface area contributed by atoms with Gasteiger partial charge in [-0.15, -0.1) is 0 Å². The Labute approximate surface area is 142 Å². The predicted octanol–water partition coefficient (Wildman–Crippen LogP) is 2.86. The summed E-state index contributed by atoms with van der Waals surface area (Å²) >= 11 is 0.